The van der Waals surface area contributed by atoms with E-state index < -0.39 is 14.9 Å². The highest BCUT2D eigenvalue weighted by molar-refractivity contribution is 7.89. The van der Waals surface area contributed by atoms with E-state index in [9.17, 15) is 18.5 Å². The van der Waals surface area contributed by atoms with Gasteiger partial charge < -0.3 is 0 Å². The van der Waals surface area contributed by atoms with Crippen LogP contribution in [-0.4, -0.2) is 19.1 Å². The molecule has 0 heterocycles. The van der Waals surface area contributed by atoms with Crippen LogP contribution in [0, 0.1) is 24.0 Å². The molecule has 2 aromatic rings. The second-order valence-electron chi connectivity index (χ2n) is 5.36. The molecule has 126 valence electrons. The van der Waals surface area contributed by atoms with Crippen LogP contribution in [0.2, 0.25) is 0 Å². The highest BCUT2D eigenvalue weighted by Crippen LogP contribution is 2.17. The maximum absolute atomic E-state index is 12.4. The Balaban J connectivity index is 2.25. The first-order chi connectivity index (χ1) is 11.2. The molecular formula is C16H17N3O4S. The number of nitro benzene ring substituents is 1. The van der Waals surface area contributed by atoms with Crippen molar-refractivity contribution in [1.82, 2.24) is 4.83 Å². The van der Waals surface area contributed by atoms with Crippen molar-refractivity contribution in [3.8, 4) is 0 Å². The fraction of sp³-hybridized carbons (Fsp3) is 0.188. The van der Waals surface area contributed by atoms with Crippen molar-refractivity contribution < 1.29 is 13.3 Å². The average Bonchev–Trinajstić information content (AvgIpc) is 2.55. The molecule has 2 rings (SSSR count). The number of hydrazone groups is 1. The normalized spacial score (nSPS) is 12.0. The van der Waals surface area contributed by atoms with E-state index in [1.165, 1.54) is 24.3 Å². The Labute approximate surface area is 140 Å². The molecule has 2 aromatic carbocycles. The zero-order chi connectivity index (χ0) is 17.9. The lowest BCUT2D eigenvalue weighted by molar-refractivity contribution is -0.384. The number of non-ortho nitro benzene ring substituents is 1. The van der Waals surface area contributed by atoms with Crippen LogP contribution in [0.4, 0.5) is 5.69 Å². The number of benzene rings is 2. The van der Waals surface area contributed by atoms with Gasteiger partial charge in [-0.1, -0.05) is 12.1 Å². The molecule has 0 bridgehead atoms. The number of sulfonamides is 1. The Morgan fingerprint density at radius 2 is 1.75 bits per heavy atom. The van der Waals surface area contributed by atoms with Gasteiger partial charge in [-0.25, -0.2) is 0 Å². The van der Waals surface area contributed by atoms with Gasteiger partial charge in [-0.2, -0.15) is 18.4 Å². The first kappa shape index (κ1) is 17.6. The molecule has 0 atom stereocenters. The van der Waals surface area contributed by atoms with Crippen LogP contribution in [0.15, 0.2) is 52.5 Å². The summed E-state index contributed by atoms with van der Waals surface area (Å²) in [6.07, 6.45) is 0. The van der Waals surface area contributed by atoms with E-state index in [0.717, 1.165) is 5.56 Å². The van der Waals surface area contributed by atoms with Gasteiger partial charge in [0.05, 0.1) is 15.5 Å². The van der Waals surface area contributed by atoms with E-state index in [4.69, 9.17) is 0 Å². The molecule has 0 spiro atoms. The van der Waals surface area contributed by atoms with Gasteiger partial charge >= 0.3 is 0 Å². The van der Waals surface area contributed by atoms with Crippen LogP contribution in [0.3, 0.4) is 0 Å². The van der Waals surface area contributed by atoms with Gasteiger partial charge in [0.1, 0.15) is 0 Å². The van der Waals surface area contributed by atoms with Crippen LogP contribution in [0.1, 0.15) is 23.6 Å². The molecule has 0 amide bonds. The molecule has 1 N–H and O–H groups in total. The minimum Gasteiger partial charge on any atom is -0.258 e. The Bertz CT molecular complexity index is 903. The molecule has 0 aliphatic carbocycles. The van der Waals surface area contributed by atoms with Crippen LogP contribution in [0.25, 0.3) is 0 Å². The lowest BCUT2D eigenvalue weighted by atomic mass is 10.1. The molecule has 0 unspecified atom stereocenters. The molecule has 0 saturated heterocycles. The molecule has 0 aliphatic rings. The smallest absolute Gasteiger partial charge is 0.258 e. The fourth-order valence-electron chi connectivity index (χ4n) is 2.06. The lowest BCUT2D eigenvalue weighted by Crippen LogP contribution is -2.21. The summed E-state index contributed by atoms with van der Waals surface area (Å²) < 4.78 is 24.8. The molecule has 7 nitrogen and oxygen atoms in total. The third-order valence-electron chi connectivity index (χ3n) is 3.46. The Kier molecular flexibility index (Phi) is 4.99. The number of nitrogens with zero attached hydrogens (tertiary/aromatic N) is 2. The van der Waals surface area contributed by atoms with Crippen molar-refractivity contribution >= 4 is 21.4 Å². The monoisotopic (exact) mass is 347 g/mol. The fourth-order valence-corrected chi connectivity index (χ4v) is 3.25. The molecule has 0 aliphatic heterocycles. The van der Waals surface area contributed by atoms with E-state index in [1.807, 2.05) is 13.0 Å². The average molecular weight is 347 g/mol. The predicted octanol–water partition coefficient (Wildman–Crippen LogP) is 2.91. The van der Waals surface area contributed by atoms with E-state index in [2.05, 4.69) is 9.93 Å². The number of hydrogen-bond acceptors (Lipinski definition) is 5. The minimum atomic E-state index is -3.78. The molecule has 0 saturated carbocycles. The van der Waals surface area contributed by atoms with Crippen molar-refractivity contribution in [2.45, 2.75) is 25.7 Å². The first-order valence-corrected chi connectivity index (χ1v) is 8.57. The summed E-state index contributed by atoms with van der Waals surface area (Å²) in [5, 5.41) is 14.5. The summed E-state index contributed by atoms with van der Waals surface area (Å²) >= 11 is 0. The van der Waals surface area contributed by atoms with E-state index in [-0.39, 0.29) is 10.6 Å². The third kappa shape index (κ3) is 3.96. The van der Waals surface area contributed by atoms with Gasteiger partial charge in [-0.3, -0.25) is 10.1 Å². The van der Waals surface area contributed by atoms with Crippen molar-refractivity contribution in [2.24, 2.45) is 5.10 Å². The summed E-state index contributed by atoms with van der Waals surface area (Å²) in [5.74, 6) is 0. The van der Waals surface area contributed by atoms with Gasteiger partial charge in [0.25, 0.3) is 15.7 Å². The standard InChI is InChI=1S/C16H17N3O4S/c1-11-4-5-12(2)16(10-11)24(22,23)18-17-13(3)14-6-8-15(9-7-14)19(20)21/h4-10,18H,1-3H3. The third-order valence-corrected chi connectivity index (χ3v) is 4.81. The van der Waals surface area contributed by atoms with Gasteiger partial charge in [-0.15, -0.1) is 0 Å². The van der Waals surface area contributed by atoms with Crippen molar-refractivity contribution in [3.05, 3.63) is 69.3 Å². The largest absolute Gasteiger partial charge is 0.276 e. The highest BCUT2D eigenvalue weighted by atomic mass is 32.2. The lowest BCUT2D eigenvalue weighted by Gasteiger charge is -2.09. The second kappa shape index (κ2) is 6.79. The van der Waals surface area contributed by atoms with Gasteiger partial charge in [0.2, 0.25) is 0 Å². The predicted molar refractivity (Wildman–Crippen MR) is 91.5 cm³/mol. The van der Waals surface area contributed by atoms with Crippen molar-refractivity contribution in [1.29, 1.82) is 0 Å². The number of nitrogens with one attached hydrogen (secondary N) is 1. The van der Waals surface area contributed by atoms with Crippen LogP contribution in [0.5, 0.6) is 0 Å². The SMILES string of the molecule is CC(=NNS(=O)(=O)c1cc(C)ccc1C)c1ccc([N+](=O)[O-])cc1. The van der Waals surface area contributed by atoms with E-state index in [0.29, 0.717) is 16.8 Å². The first-order valence-electron chi connectivity index (χ1n) is 7.09. The maximum Gasteiger partial charge on any atom is 0.276 e. The topological polar surface area (TPSA) is 102 Å². The van der Waals surface area contributed by atoms with Crippen LogP contribution in [-0.2, 0) is 10.0 Å². The summed E-state index contributed by atoms with van der Waals surface area (Å²) in [6, 6.07) is 10.9. The zero-order valence-corrected chi connectivity index (χ0v) is 14.3. The Morgan fingerprint density at radius 3 is 2.33 bits per heavy atom. The summed E-state index contributed by atoms with van der Waals surface area (Å²) in [6.45, 7) is 5.14. The number of nitro groups is 1. The summed E-state index contributed by atoms with van der Waals surface area (Å²) in [4.78, 5) is 12.5. The number of hydrogen-bond donors (Lipinski definition) is 1. The Morgan fingerprint density at radius 1 is 1.12 bits per heavy atom. The molecule has 0 aromatic heterocycles. The highest BCUT2D eigenvalue weighted by Gasteiger charge is 2.16. The minimum absolute atomic E-state index is 0.0393. The van der Waals surface area contributed by atoms with E-state index in [1.54, 1.807) is 26.0 Å². The van der Waals surface area contributed by atoms with Gasteiger partial charge in [-0.05, 0) is 55.7 Å². The Hall–Kier alpha value is -2.74. The van der Waals surface area contributed by atoms with Crippen molar-refractivity contribution in [2.75, 3.05) is 0 Å². The van der Waals surface area contributed by atoms with Crippen LogP contribution >= 0.6 is 0 Å². The summed E-state index contributed by atoms with van der Waals surface area (Å²) in [7, 11) is -3.78. The summed E-state index contributed by atoms with van der Waals surface area (Å²) in [5.41, 5.74) is 2.40. The van der Waals surface area contributed by atoms with Gasteiger partial charge in [0.15, 0.2) is 0 Å². The van der Waals surface area contributed by atoms with Crippen LogP contribution < -0.4 is 4.83 Å². The zero-order valence-electron chi connectivity index (χ0n) is 13.5. The molecule has 0 radical (unpaired) electrons. The quantitative estimate of drug-likeness (QED) is 0.510. The number of rotatable bonds is 5. The maximum atomic E-state index is 12.4. The van der Waals surface area contributed by atoms with Gasteiger partial charge in [0, 0.05) is 12.1 Å². The molecule has 24 heavy (non-hydrogen) atoms. The molecule has 0 fully saturated rings. The molecular weight excluding hydrogens is 330 g/mol. The van der Waals surface area contributed by atoms with E-state index >= 15 is 0 Å². The molecule has 8 heteroatoms. The van der Waals surface area contributed by atoms with Crippen molar-refractivity contribution in [3.63, 3.8) is 0 Å². The number of aryl methyl sites for hydroxylation is 2. The second-order valence-corrected chi connectivity index (χ2v) is 6.99.